The largest absolute Gasteiger partial charge is 0.132 e. The molecule has 0 saturated heterocycles. The van der Waals surface area contributed by atoms with Crippen molar-refractivity contribution in [2.24, 2.45) is 0 Å². The Hall–Kier alpha value is -2.25. The molecule has 0 aromatic heterocycles. The number of rotatable bonds is 0. The Morgan fingerprint density at radius 1 is 0.593 bits per heavy atom. The van der Waals surface area contributed by atoms with Crippen LogP contribution in [0.5, 0.6) is 0 Å². The van der Waals surface area contributed by atoms with E-state index in [4.69, 9.17) is 0 Å². The molecule has 0 bridgehead atoms. The minimum atomic E-state index is -1.44. The van der Waals surface area contributed by atoms with Crippen LogP contribution >= 0.6 is 10.0 Å². The maximum atomic E-state index is 2.39. The smallest absolute Gasteiger partial charge is 0.00584 e. The fraction of sp³-hybridized carbons (Fsp3) is 0.231. The molecule has 2 aromatic rings. The van der Waals surface area contributed by atoms with E-state index in [0.29, 0.717) is 0 Å². The third-order valence-corrected chi connectivity index (χ3v) is 10.3. The lowest BCUT2D eigenvalue weighted by Gasteiger charge is -2.53. The molecule has 0 amide bonds. The molecule has 2 heterocycles. The van der Waals surface area contributed by atoms with Gasteiger partial charge in [0, 0.05) is 19.6 Å². The third-order valence-electron chi connectivity index (χ3n) is 5.88. The van der Waals surface area contributed by atoms with Crippen molar-refractivity contribution in [3.63, 3.8) is 0 Å². The highest BCUT2D eigenvalue weighted by Gasteiger charge is 2.45. The van der Waals surface area contributed by atoms with E-state index in [2.05, 4.69) is 101 Å². The van der Waals surface area contributed by atoms with Gasteiger partial charge in [0.2, 0.25) is 0 Å². The van der Waals surface area contributed by atoms with Crippen molar-refractivity contribution in [3.05, 3.63) is 105 Å². The summed E-state index contributed by atoms with van der Waals surface area (Å²) in [6, 6.07) is 18.3. The summed E-state index contributed by atoms with van der Waals surface area (Å²) >= 11 is 0. The second-order valence-electron chi connectivity index (χ2n) is 7.12. The van der Waals surface area contributed by atoms with Crippen LogP contribution in [0.15, 0.2) is 104 Å². The van der Waals surface area contributed by atoms with E-state index < -0.39 is 10.0 Å². The van der Waals surface area contributed by atoms with Gasteiger partial charge in [-0.1, -0.05) is 60.7 Å². The van der Waals surface area contributed by atoms with Gasteiger partial charge in [-0.15, -0.1) is 10.0 Å². The molecule has 1 heteroatoms. The topological polar surface area (TPSA) is 0 Å². The number of hydrogen-bond acceptors (Lipinski definition) is 0. The Morgan fingerprint density at radius 3 is 1.37 bits per heavy atom. The monoisotopic (exact) mass is 372 g/mol. The lowest BCUT2D eigenvalue weighted by Crippen LogP contribution is -2.23. The molecule has 0 nitrogen and oxygen atoms in total. The van der Waals surface area contributed by atoms with Crippen LogP contribution in [-0.2, 0) is 12.8 Å². The Bertz CT molecular complexity index is 931. The molecule has 0 saturated carbocycles. The standard InChI is InChI=1S/C26H28S/c1-5-19-17-21-13-9-11-15-25(21)27(23(19)7-3)24(8-4)20(6-2)18-22-14-10-12-16-26(22)27/h5-16H,17-18H2,1-4H3/b19-5-,20-6-,23-7+,24-8+. The molecule has 0 fully saturated rings. The van der Waals surface area contributed by atoms with E-state index in [9.17, 15) is 0 Å². The van der Waals surface area contributed by atoms with E-state index in [1.807, 2.05) is 0 Å². The zero-order chi connectivity index (χ0) is 19.0. The lowest BCUT2D eigenvalue weighted by atomic mass is 10.0. The molecular weight excluding hydrogens is 344 g/mol. The van der Waals surface area contributed by atoms with Crippen LogP contribution in [0.25, 0.3) is 0 Å². The fourth-order valence-corrected chi connectivity index (χ4v) is 9.73. The molecule has 138 valence electrons. The Labute approximate surface area is 165 Å². The van der Waals surface area contributed by atoms with Crippen molar-refractivity contribution in [1.29, 1.82) is 0 Å². The van der Waals surface area contributed by atoms with Crippen LogP contribution in [0.2, 0.25) is 0 Å². The first-order valence-electron chi connectivity index (χ1n) is 9.85. The molecule has 0 aliphatic carbocycles. The van der Waals surface area contributed by atoms with Gasteiger partial charge >= 0.3 is 0 Å². The second-order valence-corrected chi connectivity index (χ2v) is 10.1. The van der Waals surface area contributed by atoms with Crippen molar-refractivity contribution >= 4 is 10.0 Å². The minimum absolute atomic E-state index is 1.03. The molecule has 2 aromatic carbocycles. The first kappa shape index (κ1) is 18.1. The van der Waals surface area contributed by atoms with Gasteiger partial charge in [-0.2, -0.15) is 0 Å². The molecule has 1 spiro atoms. The Morgan fingerprint density at radius 2 is 1.00 bits per heavy atom. The van der Waals surface area contributed by atoms with E-state index in [1.54, 1.807) is 0 Å². The van der Waals surface area contributed by atoms with Gasteiger partial charge in [0.05, 0.1) is 0 Å². The molecule has 0 atom stereocenters. The minimum Gasteiger partial charge on any atom is -0.132 e. The van der Waals surface area contributed by atoms with Gasteiger partial charge < -0.3 is 0 Å². The van der Waals surface area contributed by atoms with Crippen LogP contribution in [0.1, 0.15) is 38.8 Å². The van der Waals surface area contributed by atoms with Crippen LogP contribution in [-0.4, -0.2) is 0 Å². The average Bonchev–Trinajstić information content (AvgIpc) is 2.73. The van der Waals surface area contributed by atoms with Crippen LogP contribution in [0, 0.1) is 0 Å². The maximum Gasteiger partial charge on any atom is 0.00584 e. The van der Waals surface area contributed by atoms with Crippen molar-refractivity contribution < 1.29 is 0 Å². The van der Waals surface area contributed by atoms with E-state index in [0.717, 1.165) is 12.8 Å². The SMILES string of the molecule is C/C=C1/Cc2ccccc2S2(/C1=C/C)C(=C/C)/C(=C\C)Cc1ccccc12. The molecule has 2 aliphatic rings. The van der Waals surface area contributed by atoms with Crippen molar-refractivity contribution in [2.45, 2.75) is 50.3 Å². The number of hydrogen-bond donors (Lipinski definition) is 0. The summed E-state index contributed by atoms with van der Waals surface area (Å²) in [7, 11) is -1.44. The van der Waals surface area contributed by atoms with Gasteiger partial charge in [0.1, 0.15) is 0 Å². The highest BCUT2D eigenvalue weighted by molar-refractivity contribution is 8.40. The van der Waals surface area contributed by atoms with Gasteiger partial charge in [0.25, 0.3) is 0 Å². The highest BCUT2D eigenvalue weighted by Crippen LogP contribution is 2.80. The van der Waals surface area contributed by atoms with Crippen LogP contribution in [0.4, 0.5) is 0 Å². The summed E-state index contributed by atoms with van der Waals surface area (Å²) in [6.07, 6.45) is 11.5. The number of benzene rings is 2. The van der Waals surface area contributed by atoms with Gasteiger partial charge in [0.15, 0.2) is 0 Å². The van der Waals surface area contributed by atoms with Crippen LogP contribution < -0.4 is 0 Å². The summed E-state index contributed by atoms with van der Waals surface area (Å²) in [5.41, 5.74) is 5.94. The summed E-state index contributed by atoms with van der Waals surface area (Å²) in [6.45, 7) is 8.84. The maximum absolute atomic E-state index is 2.39. The zero-order valence-corrected chi connectivity index (χ0v) is 17.6. The third kappa shape index (κ3) is 2.45. The van der Waals surface area contributed by atoms with E-state index >= 15 is 0 Å². The molecular formula is C26H28S. The summed E-state index contributed by atoms with van der Waals surface area (Å²) in [4.78, 5) is 6.12. The van der Waals surface area contributed by atoms with Gasteiger partial charge in [-0.25, -0.2) is 0 Å². The molecule has 2 aliphatic heterocycles. The second kappa shape index (κ2) is 7.05. The lowest BCUT2D eigenvalue weighted by molar-refractivity contribution is 1.03. The van der Waals surface area contributed by atoms with Crippen molar-refractivity contribution in [3.8, 4) is 0 Å². The zero-order valence-electron chi connectivity index (χ0n) is 16.8. The number of fused-ring (bicyclic) bond motifs is 4. The fourth-order valence-electron chi connectivity index (χ4n) is 4.80. The molecule has 4 rings (SSSR count). The summed E-state index contributed by atoms with van der Waals surface area (Å²) in [5.74, 6) is 0. The quantitative estimate of drug-likeness (QED) is 0.444. The predicted octanol–water partition coefficient (Wildman–Crippen LogP) is 7.72. The Kier molecular flexibility index (Phi) is 4.74. The van der Waals surface area contributed by atoms with Crippen LogP contribution in [0.3, 0.4) is 0 Å². The molecule has 0 N–H and O–H groups in total. The van der Waals surface area contributed by atoms with E-state index in [-0.39, 0.29) is 0 Å². The first-order valence-corrected chi connectivity index (χ1v) is 11.5. The average molecular weight is 373 g/mol. The number of allylic oxidation sites excluding steroid dienone is 6. The Balaban J connectivity index is 2.24. The van der Waals surface area contributed by atoms with Gasteiger partial charge in [-0.3, -0.25) is 0 Å². The molecule has 0 radical (unpaired) electrons. The molecule has 0 unspecified atom stereocenters. The van der Waals surface area contributed by atoms with Crippen molar-refractivity contribution in [2.75, 3.05) is 0 Å². The molecule has 27 heavy (non-hydrogen) atoms. The normalized spacial score (nSPS) is 29.8. The van der Waals surface area contributed by atoms with Gasteiger partial charge in [-0.05, 0) is 74.9 Å². The predicted molar refractivity (Wildman–Crippen MR) is 119 cm³/mol. The van der Waals surface area contributed by atoms with E-state index in [1.165, 1.54) is 41.9 Å². The summed E-state index contributed by atoms with van der Waals surface area (Å²) < 4.78 is 0. The summed E-state index contributed by atoms with van der Waals surface area (Å²) in [5, 5.41) is 0. The highest BCUT2D eigenvalue weighted by atomic mass is 32.3. The van der Waals surface area contributed by atoms with Crippen molar-refractivity contribution in [1.82, 2.24) is 0 Å². The first-order chi connectivity index (χ1) is 13.2.